The largest absolute Gasteiger partial charge is 0.452 e. The summed E-state index contributed by atoms with van der Waals surface area (Å²) in [5.41, 5.74) is 10.7. The molecule has 0 N–H and O–H groups in total. The lowest BCUT2D eigenvalue weighted by molar-refractivity contribution is 0.667. The third-order valence-corrected chi connectivity index (χ3v) is 9.41. The molecule has 224 valence electrons. The molecule has 48 heavy (non-hydrogen) atoms. The number of nitrogens with zero attached hydrogens (tertiary/aromatic N) is 3. The van der Waals surface area contributed by atoms with Crippen molar-refractivity contribution in [3.05, 3.63) is 164 Å². The molecule has 4 heteroatoms. The van der Waals surface area contributed by atoms with Crippen molar-refractivity contribution in [2.75, 3.05) is 0 Å². The van der Waals surface area contributed by atoms with Gasteiger partial charge in [0.2, 0.25) is 0 Å². The van der Waals surface area contributed by atoms with Crippen LogP contribution in [-0.4, -0.2) is 14.5 Å². The highest BCUT2D eigenvalue weighted by Gasteiger charge is 2.22. The SMILES string of the molecule is c1ccc(-c2nc(-c3cccc4ccccc34)c3oc4cccc(-c5cccc(-n6c7ccccc7c7ccccc76)c5)c4c3n2)cc1. The molecule has 0 fully saturated rings. The van der Waals surface area contributed by atoms with Gasteiger partial charge in [0.1, 0.15) is 16.8 Å². The number of furan rings is 1. The van der Waals surface area contributed by atoms with Crippen molar-refractivity contribution in [3.63, 3.8) is 0 Å². The maximum absolute atomic E-state index is 6.73. The zero-order valence-corrected chi connectivity index (χ0v) is 25.8. The Morgan fingerprint density at radius 1 is 0.479 bits per heavy atom. The molecule has 0 bridgehead atoms. The van der Waals surface area contributed by atoms with E-state index in [0.717, 1.165) is 60.9 Å². The number of fused-ring (bicyclic) bond motifs is 7. The molecule has 0 radical (unpaired) electrons. The Kier molecular flexibility index (Phi) is 5.84. The van der Waals surface area contributed by atoms with Crippen LogP contribution in [0.25, 0.3) is 94.1 Å². The van der Waals surface area contributed by atoms with E-state index >= 15 is 0 Å². The van der Waals surface area contributed by atoms with Crippen LogP contribution < -0.4 is 0 Å². The molecular weight excluding hydrogens is 587 g/mol. The van der Waals surface area contributed by atoms with Gasteiger partial charge in [-0.25, -0.2) is 9.97 Å². The molecule has 10 rings (SSSR count). The highest BCUT2D eigenvalue weighted by atomic mass is 16.3. The second kappa shape index (κ2) is 10.5. The van der Waals surface area contributed by atoms with E-state index < -0.39 is 0 Å². The van der Waals surface area contributed by atoms with Crippen LogP contribution in [0.1, 0.15) is 0 Å². The van der Waals surface area contributed by atoms with E-state index in [0.29, 0.717) is 11.4 Å². The molecular formula is C44H27N3O. The van der Waals surface area contributed by atoms with E-state index in [1.54, 1.807) is 0 Å². The minimum atomic E-state index is 0.669. The van der Waals surface area contributed by atoms with Crippen LogP contribution in [0.5, 0.6) is 0 Å². The number of aromatic nitrogens is 3. The molecule has 0 unspecified atom stereocenters. The third-order valence-electron chi connectivity index (χ3n) is 9.41. The average Bonchev–Trinajstić information content (AvgIpc) is 3.71. The standard InChI is InChI=1S/C44H27N3O/c1-2-14-29(15-3-1)44-45-41(36-23-11-16-28-13-4-5-19-32(28)36)43-42(46-44)40-33(22-12-26-39(40)48-43)30-17-10-18-31(27-30)47-37-24-8-6-20-34(37)35-21-7-9-25-38(35)47/h1-27H. The van der Waals surface area contributed by atoms with Crippen molar-refractivity contribution < 1.29 is 4.42 Å². The van der Waals surface area contributed by atoms with Crippen LogP contribution in [0.2, 0.25) is 0 Å². The summed E-state index contributed by atoms with van der Waals surface area (Å²) in [4.78, 5) is 10.4. The van der Waals surface area contributed by atoms with Gasteiger partial charge < -0.3 is 8.98 Å². The predicted molar refractivity (Wildman–Crippen MR) is 197 cm³/mol. The average molecular weight is 614 g/mol. The van der Waals surface area contributed by atoms with Gasteiger partial charge in [-0.2, -0.15) is 0 Å². The Hall–Kier alpha value is -6.52. The van der Waals surface area contributed by atoms with Crippen LogP contribution >= 0.6 is 0 Å². The fraction of sp³-hybridized carbons (Fsp3) is 0. The van der Waals surface area contributed by atoms with Crippen LogP contribution in [0.15, 0.2) is 168 Å². The summed E-state index contributed by atoms with van der Waals surface area (Å²) >= 11 is 0. The molecule has 0 saturated heterocycles. The molecule has 3 heterocycles. The minimum absolute atomic E-state index is 0.669. The number of para-hydroxylation sites is 2. The summed E-state index contributed by atoms with van der Waals surface area (Å²) in [6.45, 7) is 0. The Morgan fingerprint density at radius 2 is 1.10 bits per heavy atom. The number of benzene rings is 7. The van der Waals surface area contributed by atoms with Gasteiger partial charge in [0, 0.05) is 27.6 Å². The molecule has 0 atom stereocenters. The predicted octanol–water partition coefficient (Wildman–Crippen LogP) is 11.6. The topological polar surface area (TPSA) is 43.9 Å². The van der Waals surface area contributed by atoms with E-state index in [4.69, 9.17) is 14.4 Å². The van der Waals surface area contributed by atoms with Crippen molar-refractivity contribution in [1.82, 2.24) is 14.5 Å². The maximum atomic E-state index is 6.73. The first kappa shape index (κ1) is 26.7. The molecule has 0 aliphatic carbocycles. The van der Waals surface area contributed by atoms with Crippen LogP contribution in [0, 0.1) is 0 Å². The lowest BCUT2D eigenvalue weighted by Gasteiger charge is -2.11. The van der Waals surface area contributed by atoms with Crippen molar-refractivity contribution in [3.8, 4) is 39.5 Å². The first-order chi connectivity index (χ1) is 23.8. The van der Waals surface area contributed by atoms with Crippen LogP contribution in [0.3, 0.4) is 0 Å². The van der Waals surface area contributed by atoms with Crippen molar-refractivity contribution in [2.24, 2.45) is 0 Å². The van der Waals surface area contributed by atoms with E-state index in [-0.39, 0.29) is 0 Å². The Labute approximate surface area is 276 Å². The van der Waals surface area contributed by atoms with Crippen molar-refractivity contribution >= 4 is 54.6 Å². The summed E-state index contributed by atoms with van der Waals surface area (Å²) in [5.74, 6) is 0.669. The summed E-state index contributed by atoms with van der Waals surface area (Å²) in [6.07, 6.45) is 0. The number of rotatable bonds is 4. The number of hydrogen-bond acceptors (Lipinski definition) is 3. The van der Waals surface area contributed by atoms with Gasteiger partial charge in [-0.3, -0.25) is 0 Å². The summed E-state index contributed by atoms with van der Waals surface area (Å²) < 4.78 is 9.08. The van der Waals surface area contributed by atoms with E-state index in [2.05, 4.69) is 144 Å². The Balaban J connectivity index is 1.25. The summed E-state index contributed by atoms with van der Waals surface area (Å²) in [6, 6.07) is 57.2. The normalized spacial score (nSPS) is 11.8. The Bertz CT molecular complexity index is 2790. The minimum Gasteiger partial charge on any atom is -0.452 e. The van der Waals surface area contributed by atoms with Crippen LogP contribution in [0.4, 0.5) is 0 Å². The van der Waals surface area contributed by atoms with Gasteiger partial charge in [0.15, 0.2) is 11.4 Å². The van der Waals surface area contributed by atoms with E-state index in [1.807, 2.05) is 24.3 Å². The van der Waals surface area contributed by atoms with Crippen molar-refractivity contribution in [2.45, 2.75) is 0 Å². The summed E-state index contributed by atoms with van der Waals surface area (Å²) in [7, 11) is 0. The van der Waals surface area contributed by atoms with Gasteiger partial charge in [-0.15, -0.1) is 0 Å². The molecule has 0 amide bonds. The molecule has 0 aliphatic rings. The molecule has 7 aromatic carbocycles. The monoisotopic (exact) mass is 613 g/mol. The fourth-order valence-corrected chi connectivity index (χ4v) is 7.27. The second-order valence-electron chi connectivity index (χ2n) is 12.2. The number of hydrogen-bond donors (Lipinski definition) is 0. The highest BCUT2D eigenvalue weighted by Crippen LogP contribution is 2.42. The van der Waals surface area contributed by atoms with Crippen molar-refractivity contribution in [1.29, 1.82) is 0 Å². The zero-order valence-electron chi connectivity index (χ0n) is 25.8. The first-order valence-corrected chi connectivity index (χ1v) is 16.2. The maximum Gasteiger partial charge on any atom is 0.180 e. The fourth-order valence-electron chi connectivity index (χ4n) is 7.27. The van der Waals surface area contributed by atoms with Crippen LogP contribution in [-0.2, 0) is 0 Å². The quantitative estimate of drug-likeness (QED) is 0.198. The van der Waals surface area contributed by atoms with Gasteiger partial charge in [-0.1, -0.05) is 133 Å². The smallest absolute Gasteiger partial charge is 0.180 e. The molecule has 0 aliphatic heterocycles. The van der Waals surface area contributed by atoms with E-state index in [9.17, 15) is 0 Å². The van der Waals surface area contributed by atoms with Gasteiger partial charge in [0.05, 0.1) is 16.4 Å². The summed E-state index contributed by atoms with van der Waals surface area (Å²) in [5, 5.41) is 5.74. The molecule has 10 aromatic rings. The lowest BCUT2D eigenvalue weighted by atomic mass is 9.98. The Morgan fingerprint density at radius 3 is 1.92 bits per heavy atom. The third kappa shape index (κ3) is 4.03. The van der Waals surface area contributed by atoms with Gasteiger partial charge in [0.25, 0.3) is 0 Å². The van der Waals surface area contributed by atoms with E-state index in [1.165, 1.54) is 21.8 Å². The lowest BCUT2D eigenvalue weighted by Crippen LogP contribution is -1.95. The zero-order chi connectivity index (χ0) is 31.6. The van der Waals surface area contributed by atoms with Gasteiger partial charge in [-0.05, 0) is 52.2 Å². The van der Waals surface area contributed by atoms with Gasteiger partial charge >= 0.3 is 0 Å². The molecule has 4 nitrogen and oxygen atoms in total. The molecule has 3 aromatic heterocycles. The first-order valence-electron chi connectivity index (χ1n) is 16.2. The molecule has 0 saturated carbocycles. The second-order valence-corrected chi connectivity index (χ2v) is 12.2. The highest BCUT2D eigenvalue weighted by molar-refractivity contribution is 6.15. The molecule has 0 spiro atoms.